The number of hydrogen-bond donors (Lipinski definition) is 0. The van der Waals surface area contributed by atoms with Crippen molar-refractivity contribution < 1.29 is 0 Å². The third kappa shape index (κ3) is 2.87. The summed E-state index contributed by atoms with van der Waals surface area (Å²) in [6.45, 7) is 4.00. The van der Waals surface area contributed by atoms with E-state index in [1.165, 1.54) is 55.3 Å². The van der Waals surface area contributed by atoms with Crippen molar-refractivity contribution in [1.29, 1.82) is 0 Å². The van der Waals surface area contributed by atoms with Crippen molar-refractivity contribution in [2.24, 2.45) is 0 Å². The number of benzene rings is 4. The smallest absolute Gasteiger partial charge is 0.0541 e. The lowest BCUT2D eigenvalue weighted by Gasteiger charge is -2.13. The van der Waals surface area contributed by atoms with Crippen LogP contribution in [0.5, 0.6) is 0 Å². The Morgan fingerprint density at radius 3 is 1.70 bits per heavy atom. The summed E-state index contributed by atoms with van der Waals surface area (Å²) in [6.07, 6.45) is 5.51. The Morgan fingerprint density at radius 1 is 0.545 bits per heavy atom. The van der Waals surface area contributed by atoms with Crippen LogP contribution in [0, 0.1) is 0 Å². The molecule has 1 aliphatic carbocycles. The van der Waals surface area contributed by atoms with Crippen LogP contribution in [0.3, 0.4) is 0 Å². The van der Waals surface area contributed by atoms with E-state index in [0.717, 1.165) is 6.42 Å². The van der Waals surface area contributed by atoms with E-state index in [9.17, 15) is 0 Å². The minimum atomic E-state index is 0.976. The summed E-state index contributed by atoms with van der Waals surface area (Å²) in [5.74, 6) is 0. The number of para-hydroxylation sites is 3. The average molecular weight is 427 g/mol. The summed E-state index contributed by atoms with van der Waals surface area (Å²) < 4.78 is 4.82. The van der Waals surface area contributed by atoms with Crippen LogP contribution in [0.1, 0.15) is 25.1 Å². The largest absolute Gasteiger partial charge is 0.313 e. The molecule has 1 aliphatic rings. The lowest BCUT2D eigenvalue weighted by atomic mass is 10.2. The molecule has 0 N–H and O–H groups in total. The number of nitrogens with zero attached hydrogens (tertiary/aromatic N) is 2. The maximum atomic E-state index is 2.43. The first-order valence-electron chi connectivity index (χ1n) is 11.8. The molecule has 0 saturated carbocycles. The standard InChI is InChI=1S/C29H20N2.C2H6/c1-4-15-26-22(11-1)23-12-2-5-16-27(23)30(26)20-9-7-10-21(19-20)31-28-17-6-3-13-24(28)25-14-8-18-29(25)31;1-2/h1-17,19H,18H2;1-2H3. The molecule has 2 aromatic heterocycles. The average Bonchev–Trinajstić information content (AvgIpc) is 3.56. The number of allylic oxidation sites excluding steroid dienone is 1. The van der Waals surface area contributed by atoms with Crippen molar-refractivity contribution in [2.45, 2.75) is 20.3 Å². The van der Waals surface area contributed by atoms with Gasteiger partial charge in [-0.2, -0.15) is 0 Å². The molecule has 2 heteroatoms. The molecule has 0 fully saturated rings. The zero-order valence-electron chi connectivity index (χ0n) is 19.0. The fourth-order valence-corrected chi connectivity index (χ4v) is 5.26. The number of rotatable bonds is 2. The molecule has 0 amide bonds. The second kappa shape index (κ2) is 7.83. The van der Waals surface area contributed by atoms with Gasteiger partial charge in [0.1, 0.15) is 0 Å². The van der Waals surface area contributed by atoms with Gasteiger partial charge in [0.2, 0.25) is 0 Å². The van der Waals surface area contributed by atoms with E-state index in [2.05, 4.69) is 118 Å². The maximum Gasteiger partial charge on any atom is 0.0541 e. The van der Waals surface area contributed by atoms with Gasteiger partial charge in [0.05, 0.1) is 16.6 Å². The van der Waals surface area contributed by atoms with Crippen LogP contribution in [0.25, 0.3) is 50.2 Å². The van der Waals surface area contributed by atoms with Gasteiger partial charge in [0, 0.05) is 45.2 Å². The minimum Gasteiger partial charge on any atom is -0.313 e. The molecule has 0 aliphatic heterocycles. The van der Waals surface area contributed by atoms with Crippen LogP contribution in [0.2, 0.25) is 0 Å². The first-order valence-corrected chi connectivity index (χ1v) is 11.8. The highest BCUT2D eigenvalue weighted by molar-refractivity contribution is 6.09. The molecule has 0 unspecified atom stereocenters. The van der Waals surface area contributed by atoms with Gasteiger partial charge in [-0.25, -0.2) is 0 Å². The van der Waals surface area contributed by atoms with E-state index in [1.54, 1.807) is 0 Å². The lowest BCUT2D eigenvalue weighted by Crippen LogP contribution is -2.01. The van der Waals surface area contributed by atoms with Crippen molar-refractivity contribution in [1.82, 2.24) is 9.13 Å². The molecule has 0 saturated heterocycles. The Hall–Kier alpha value is -4.04. The van der Waals surface area contributed by atoms with Crippen molar-refractivity contribution in [3.8, 4) is 11.4 Å². The van der Waals surface area contributed by atoms with Crippen LogP contribution < -0.4 is 0 Å². The SMILES string of the molecule is C1=Cc2c(n(-c3cccc(-n4c5ccccc5c5ccccc54)c3)c3ccccc23)C1.CC. The van der Waals surface area contributed by atoms with E-state index in [1.807, 2.05) is 13.8 Å². The van der Waals surface area contributed by atoms with Gasteiger partial charge in [-0.3, -0.25) is 0 Å². The summed E-state index contributed by atoms with van der Waals surface area (Å²) in [5.41, 5.74) is 8.89. The topological polar surface area (TPSA) is 9.86 Å². The molecule has 6 aromatic rings. The van der Waals surface area contributed by atoms with Gasteiger partial charge < -0.3 is 9.13 Å². The quantitative estimate of drug-likeness (QED) is 0.263. The second-order valence-corrected chi connectivity index (χ2v) is 8.21. The van der Waals surface area contributed by atoms with Crippen LogP contribution in [-0.2, 0) is 6.42 Å². The van der Waals surface area contributed by atoms with Gasteiger partial charge in [0.15, 0.2) is 0 Å². The summed E-state index contributed by atoms with van der Waals surface area (Å²) in [4.78, 5) is 0. The zero-order valence-corrected chi connectivity index (χ0v) is 19.0. The van der Waals surface area contributed by atoms with Crippen molar-refractivity contribution in [3.05, 3.63) is 114 Å². The van der Waals surface area contributed by atoms with E-state index in [0.29, 0.717) is 0 Å². The van der Waals surface area contributed by atoms with E-state index in [-0.39, 0.29) is 0 Å². The van der Waals surface area contributed by atoms with E-state index >= 15 is 0 Å². The summed E-state index contributed by atoms with van der Waals surface area (Å²) >= 11 is 0. The summed E-state index contributed by atoms with van der Waals surface area (Å²) in [5, 5.41) is 3.91. The fourth-order valence-electron chi connectivity index (χ4n) is 5.26. The molecule has 7 rings (SSSR count). The number of hydrogen-bond acceptors (Lipinski definition) is 0. The molecule has 0 atom stereocenters. The van der Waals surface area contributed by atoms with Gasteiger partial charge in [-0.05, 0) is 36.4 Å². The third-order valence-electron chi connectivity index (χ3n) is 6.54. The Labute approximate surface area is 194 Å². The molecular formula is C31H26N2. The van der Waals surface area contributed by atoms with Crippen LogP contribution in [-0.4, -0.2) is 9.13 Å². The predicted molar refractivity (Wildman–Crippen MR) is 142 cm³/mol. The van der Waals surface area contributed by atoms with Gasteiger partial charge in [-0.15, -0.1) is 0 Å². The maximum absolute atomic E-state index is 2.43. The molecule has 2 heterocycles. The highest BCUT2D eigenvalue weighted by Gasteiger charge is 2.19. The normalized spacial score (nSPS) is 12.3. The summed E-state index contributed by atoms with van der Waals surface area (Å²) in [6, 6.07) is 35.0. The first-order chi connectivity index (χ1) is 16.4. The van der Waals surface area contributed by atoms with Crippen molar-refractivity contribution >= 4 is 38.8 Å². The first kappa shape index (κ1) is 19.6. The molecule has 160 valence electrons. The molecule has 0 radical (unpaired) electrons. The minimum absolute atomic E-state index is 0.976. The van der Waals surface area contributed by atoms with Gasteiger partial charge in [-0.1, -0.05) is 86.7 Å². The van der Waals surface area contributed by atoms with Gasteiger partial charge >= 0.3 is 0 Å². The van der Waals surface area contributed by atoms with Crippen molar-refractivity contribution in [3.63, 3.8) is 0 Å². The van der Waals surface area contributed by atoms with Crippen molar-refractivity contribution in [2.75, 3.05) is 0 Å². The summed E-state index contributed by atoms with van der Waals surface area (Å²) in [7, 11) is 0. The third-order valence-corrected chi connectivity index (χ3v) is 6.54. The Bertz CT molecular complexity index is 1610. The zero-order chi connectivity index (χ0) is 22.4. The Morgan fingerprint density at radius 2 is 1.06 bits per heavy atom. The molecule has 4 aromatic carbocycles. The van der Waals surface area contributed by atoms with Crippen LogP contribution in [0.4, 0.5) is 0 Å². The molecular weight excluding hydrogens is 400 g/mol. The number of aromatic nitrogens is 2. The Balaban J connectivity index is 0.00000101. The molecule has 33 heavy (non-hydrogen) atoms. The second-order valence-electron chi connectivity index (χ2n) is 8.21. The lowest BCUT2D eigenvalue weighted by molar-refractivity contribution is 1.01. The van der Waals surface area contributed by atoms with E-state index in [4.69, 9.17) is 0 Å². The highest BCUT2D eigenvalue weighted by Crippen LogP contribution is 2.36. The van der Waals surface area contributed by atoms with Gasteiger partial charge in [0.25, 0.3) is 0 Å². The predicted octanol–water partition coefficient (Wildman–Crippen LogP) is 8.32. The monoisotopic (exact) mass is 426 g/mol. The van der Waals surface area contributed by atoms with Crippen LogP contribution in [0.15, 0.2) is 103 Å². The van der Waals surface area contributed by atoms with Crippen LogP contribution >= 0.6 is 0 Å². The Kier molecular flexibility index (Phi) is 4.66. The molecule has 2 nitrogen and oxygen atoms in total. The number of fused-ring (bicyclic) bond motifs is 6. The molecule has 0 bridgehead atoms. The highest BCUT2D eigenvalue weighted by atomic mass is 15.0. The van der Waals surface area contributed by atoms with E-state index < -0.39 is 0 Å². The fraction of sp³-hybridized carbons (Fsp3) is 0.0968. The molecule has 0 spiro atoms.